The number of benzene rings is 2. The van der Waals surface area contributed by atoms with Crippen LogP contribution in [0.3, 0.4) is 0 Å². The van der Waals surface area contributed by atoms with E-state index in [0.717, 1.165) is 5.56 Å². The summed E-state index contributed by atoms with van der Waals surface area (Å²) in [5, 5.41) is 5.61. The van der Waals surface area contributed by atoms with Gasteiger partial charge < -0.3 is 10.6 Å². The Kier molecular flexibility index (Phi) is 4.95. The molecule has 0 saturated carbocycles. The van der Waals surface area contributed by atoms with Crippen LogP contribution in [-0.4, -0.2) is 18.4 Å². The van der Waals surface area contributed by atoms with E-state index in [2.05, 4.69) is 10.6 Å². The summed E-state index contributed by atoms with van der Waals surface area (Å²) in [5.74, 6) is -0.666. The Hall–Kier alpha value is -2.33. The normalized spacial score (nSPS) is 10.0. The second kappa shape index (κ2) is 6.90. The first-order valence-electron chi connectivity index (χ1n) is 6.45. The number of hydrogen-bond acceptors (Lipinski definition) is 2. The van der Waals surface area contributed by atoms with Crippen molar-refractivity contribution < 1.29 is 9.59 Å². The molecule has 2 amide bonds. The summed E-state index contributed by atoms with van der Waals surface area (Å²) in [6, 6.07) is 14.1. The lowest BCUT2D eigenvalue weighted by Gasteiger charge is -2.08. The number of rotatable bonds is 4. The van der Waals surface area contributed by atoms with Crippen LogP contribution in [0.2, 0.25) is 5.02 Å². The van der Waals surface area contributed by atoms with Gasteiger partial charge in [0.05, 0.1) is 17.1 Å². The number of hydrogen-bond donors (Lipinski definition) is 2. The van der Waals surface area contributed by atoms with Gasteiger partial charge in [-0.05, 0) is 36.8 Å². The molecule has 2 aromatic carbocycles. The highest BCUT2D eigenvalue weighted by Gasteiger charge is 2.11. The first-order valence-corrected chi connectivity index (χ1v) is 6.83. The predicted octanol–water partition coefficient (Wildman–Crippen LogP) is 3.02. The van der Waals surface area contributed by atoms with Crippen LogP contribution < -0.4 is 10.6 Å². The maximum Gasteiger partial charge on any atom is 0.253 e. The lowest BCUT2D eigenvalue weighted by molar-refractivity contribution is -0.115. The monoisotopic (exact) mass is 302 g/mol. The Labute approximate surface area is 128 Å². The fourth-order valence-electron chi connectivity index (χ4n) is 1.83. The number of anilines is 1. The molecule has 5 heteroatoms. The summed E-state index contributed by atoms with van der Waals surface area (Å²) in [7, 11) is 0. The van der Waals surface area contributed by atoms with Gasteiger partial charge in [0.25, 0.3) is 5.91 Å². The highest BCUT2D eigenvalue weighted by Crippen LogP contribution is 2.14. The summed E-state index contributed by atoms with van der Waals surface area (Å²) in [6.07, 6.45) is 0. The number of aryl methyl sites for hydroxylation is 1. The van der Waals surface area contributed by atoms with Crippen LogP contribution in [0.15, 0.2) is 48.5 Å². The second-order valence-electron chi connectivity index (χ2n) is 4.58. The molecule has 2 N–H and O–H groups in total. The fourth-order valence-corrected chi connectivity index (χ4v) is 2.05. The lowest BCUT2D eigenvalue weighted by Crippen LogP contribution is -2.33. The molecular formula is C16H15ClN2O2. The summed E-state index contributed by atoms with van der Waals surface area (Å²) in [6.45, 7) is 1.83. The minimum Gasteiger partial charge on any atom is -0.343 e. The van der Waals surface area contributed by atoms with Crippen LogP contribution in [0.25, 0.3) is 0 Å². The summed E-state index contributed by atoms with van der Waals surface area (Å²) in [4.78, 5) is 23.7. The van der Waals surface area contributed by atoms with Gasteiger partial charge >= 0.3 is 0 Å². The zero-order valence-electron chi connectivity index (χ0n) is 11.5. The average Bonchev–Trinajstić information content (AvgIpc) is 2.45. The summed E-state index contributed by atoms with van der Waals surface area (Å²) in [5.41, 5.74) is 2.10. The quantitative estimate of drug-likeness (QED) is 0.912. The minimum atomic E-state index is -0.375. The van der Waals surface area contributed by atoms with Crippen molar-refractivity contribution in [3.63, 3.8) is 0 Å². The molecule has 0 bridgehead atoms. The smallest absolute Gasteiger partial charge is 0.253 e. The topological polar surface area (TPSA) is 58.2 Å². The molecule has 108 valence electrons. The van der Waals surface area contributed by atoms with Crippen molar-refractivity contribution >= 4 is 29.1 Å². The molecule has 0 spiro atoms. The van der Waals surface area contributed by atoms with E-state index < -0.39 is 0 Å². The molecule has 0 heterocycles. The van der Waals surface area contributed by atoms with Crippen LogP contribution in [0.5, 0.6) is 0 Å². The highest BCUT2D eigenvalue weighted by atomic mass is 35.5. The van der Waals surface area contributed by atoms with Crippen LogP contribution in [-0.2, 0) is 4.79 Å². The van der Waals surface area contributed by atoms with Gasteiger partial charge in [0, 0.05) is 5.69 Å². The third kappa shape index (κ3) is 4.33. The van der Waals surface area contributed by atoms with Gasteiger partial charge in [-0.1, -0.05) is 35.9 Å². The van der Waals surface area contributed by atoms with Crippen LogP contribution in [0, 0.1) is 6.92 Å². The number of carbonyl (C=O) groups is 2. The van der Waals surface area contributed by atoms with Crippen molar-refractivity contribution in [3.05, 3.63) is 64.7 Å². The Morgan fingerprint density at radius 3 is 2.57 bits per heavy atom. The molecule has 0 saturated heterocycles. The average molecular weight is 303 g/mol. The van der Waals surface area contributed by atoms with Crippen LogP contribution >= 0.6 is 11.6 Å². The number of carbonyl (C=O) groups excluding carboxylic acids is 2. The van der Waals surface area contributed by atoms with Gasteiger partial charge in [0.2, 0.25) is 5.91 Å². The third-order valence-corrected chi connectivity index (χ3v) is 3.16. The van der Waals surface area contributed by atoms with Gasteiger partial charge in [-0.2, -0.15) is 0 Å². The number of halogens is 1. The van der Waals surface area contributed by atoms with Crippen molar-refractivity contribution in [1.82, 2.24) is 5.32 Å². The molecule has 0 unspecified atom stereocenters. The molecule has 0 aliphatic carbocycles. The SMILES string of the molecule is Cc1cccc(NC(=O)CNC(=O)c2ccccc2Cl)c1. The minimum absolute atomic E-state index is 0.113. The number of amides is 2. The maximum absolute atomic E-state index is 11.9. The molecule has 0 fully saturated rings. The first-order chi connectivity index (χ1) is 10.1. The van der Waals surface area contributed by atoms with Crippen molar-refractivity contribution in [3.8, 4) is 0 Å². The molecule has 0 aliphatic rings. The fraction of sp³-hybridized carbons (Fsp3) is 0.125. The highest BCUT2D eigenvalue weighted by molar-refractivity contribution is 6.33. The van der Waals surface area contributed by atoms with E-state index in [9.17, 15) is 9.59 Å². The third-order valence-electron chi connectivity index (χ3n) is 2.83. The molecule has 0 aliphatic heterocycles. The maximum atomic E-state index is 11.9. The molecular weight excluding hydrogens is 288 g/mol. The largest absolute Gasteiger partial charge is 0.343 e. The predicted molar refractivity (Wildman–Crippen MR) is 83.6 cm³/mol. The van der Waals surface area contributed by atoms with E-state index in [-0.39, 0.29) is 18.4 Å². The molecule has 4 nitrogen and oxygen atoms in total. The summed E-state index contributed by atoms with van der Waals surface area (Å²) < 4.78 is 0. The molecule has 0 radical (unpaired) electrons. The standard InChI is InChI=1S/C16H15ClN2O2/c1-11-5-4-6-12(9-11)19-15(20)10-18-16(21)13-7-2-3-8-14(13)17/h2-9H,10H2,1H3,(H,18,21)(H,19,20). The molecule has 2 rings (SSSR count). The zero-order valence-corrected chi connectivity index (χ0v) is 12.3. The summed E-state index contributed by atoms with van der Waals surface area (Å²) >= 11 is 5.92. The van der Waals surface area contributed by atoms with Crippen LogP contribution in [0.1, 0.15) is 15.9 Å². The van der Waals surface area contributed by atoms with Crippen molar-refractivity contribution in [2.45, 2.75) is 6.92 Å². The van der Waals surface area contributed by atoms with E-state index in [1.165, 1.54) is 0 Å². The molecule has 2 aromatic rings. The van der Waals surface area contributed by atoms with E-state index in [1.54, 1.807) is 30.3 Å². The Balaban J connectivity index is 1.90. The van der Waals surface area contributed by atoms with Gasteiger partial charge in [-0.15, -0.1) is 0 Å². The van der Waals surface area contributed by atoms with Crippen molar-refractivity contribution in [1.29, 1.82) is 0 Å². The van der Waals surface area contributed by atoms with Gasteiger partial charge in [-0.25, -0.2) is 0 Å². The zero-order chi connectivity index (χ0) is 15.2. The Bertz CT molecular complexity index is 671. The van der Waals surface area contributed by atoms with E-state index in [0.29, 0.717) is 16.3 Å². The lowest BCUT2D eigenvalue weighted by atomic mass is 10.2. The van der Waals surface area contributed by atoms with E-state index in [1.807, 2.05) is 25.1 Å². The second-order valence-corrected chi connectivity index (χ2v) is 4.99. The van der Waals surface area contributed by atoms with Gasteiger partial charge in [0.1, 0.15) is 0 Å². The van der Waals surface area contributed by atoms with E-state index >= 15 is 0 Å². The Morgan fingerprint density at radius 2 is 1.86 bits per heavy atom. The van der Waals surface area contributed by atoms with E-state index in [4.69, 9.17) is 11.6 Å². The van der Waals surface area contributed by atoms with Gasteiger partial charge in [-0.3, -0.25) is 9.59 Å². The number of nitrogens with one attached hydrogen (secondary N) is 2. The molecule has 0 atom stereocenters. The van der Waals surface area contributed by atoms with Crippen molar-refractivity contribution in [2.24, 2.45) is 0 Å². The molecule has 21 heavy (non-hydrogen) atoms. The van der Waals surface area contributed by atoms with Crippen LogP contribution in [0.4, 0.5) is 5.69 Å². The van der Waals surface area contributed by atoms with Crippen molar-refractivity contribution in [2.75, 3.05) is 11.9 Å². The van der Waals surface area contributed by atoms with Gasteiger partial charge in [0.15, 0.2) is 0 Å². The Morgan fingerprint density at radius 1 is 1.10 bits per heavy atom. The molecule has 0 aromatic heterocycles. The first kappa shape index (κ1) is 15.1.